The van der Waals surface area contributed by atoms with Crippen molar-refractivity contribution in [2.45, 2.75) is 58.5 Å². The second-order valence-electron chi connectivity index (χ2n) is 8.71. The molecular weight excluding hydrogens is 424 g/mol. The van der Waals surface area contributed by atoms with Crippen LogP contribution in [0.4, 0.5) is 0 Å². The first-order valence-corrected chi connectivity index (χ1v) is 12.3. The van der Waals surface area contributed by atoms with Gasteiger partial charge in [-0.25, -0.2) is 4.79 Å². The van der Waals surface area contributed by atoms with E-state index in [4.69, 9.17) is 9.47 Å². The molecular formula is C30H36O4. The van der Waals surface area contributed by atoms with E-state index in [0.29, 0.717) is 5.56 Å². The van der Waals surface area contributed by atoms with Gasteiger partial charge in [0.05, 0.1) is 18.3 Å². The number of rotatable bonds is 13. The molecule has 0 saturated heterocycles. The van der Waals surface area contributed by atoms with Gasteiger partial charge in [-0.1, -0.05) is 81.5 Å². The molecule has 4 nitrogen and oxygen atoms in total. The van der Waals surface area contributed by atoms with Crippen molar-refractivity contribution in [3.8, 4) is 28.0 Å². The van der Waals surface area contributed by atoms with E-state index >= 15 is 0 Å². The first kappa shape index (κ1) is 25.5. The molecule has 0 saturated carbocycles. The van der Waals surface area contributed by atoms with Crippen LogP contribution in [0.1, 0.15) is 74.4 Å². The van der Waals surface area contributed by atoms with Crippen molar-refractivity contribution in [3.63, 3.8) is 0 Å². The Hall–Kier alpha value is -3.11. The lowest BCUT2D eigenvalue weighted by molar-refractivity contribution is 0.0697. The van der Waals surface area contributed by atoms with Crippen LogP contribution < -0.4 is 4.74 Å². The van der Waals surface area contributed by atoms with Crippen LogP contribution in [0.25, 0.3) is 22.3 Å². The van der Waals surface area contributed by atoms with Crippen LogP contribution in [0.3, 0.4) is 0 Å². The van der Waals surface area contributed by atoms with Crippen molar-refractivity contribution in [1.29, 1.82) is 0 Å². The van der Waals surface area contributed by atoms with Gasteiger partial charge in [-0.3, -0.25) is 0 Å². The van der Waals surface area contributed by atoms with Gasteiger partial charge in [0.25, 0.3) is 0 Å². The number of hydrogen-bond acceptors (Lipinski definition) is 3. The summed E-state index contributed by atoms with van der Waals surface area (Å²) in [5.74, 6) is -0.0450. The number of unbranched alkanes of at least 4 members (excludes halogenated alkanes) is 5. The minimum absolute atomic E-state index is 0.109. The second kappa shape index (κ2) is 13.0. The normalized spacial score (nSPS) is 11.9. The van der Waals surface area contributed by atoms with Crippen molar-refractivity contribution < 1.29 is 19.4 Å². The molecule has 0 aliphatic rings. The van der Waals surface area contributed by atoms with Crippen LogP contribution in [0.5, 0.6) is 5.75 Å². The maximum absolute atomic E-state index is 11.8. The lowest BCUT2D eigenvalue weighted by atomic mass is 9.94. The van der Waals surface area contributed by atoms with Crippen molar-refractivity contribution in [3.05, 3.63) is 77.9 Å². The highest BCUT2D eigenvalue weighted by molar-refractivity contribution is 5.96. The summed E-state index contributed by atoms with van der Waals surface area (Å²) < 4.78 is 11.3. The first-order valence-electron chi connectivity index (χ1n) is 12.3. The second-order valence-corrected chi connectivity index (χ2v) is 8.71. The Morgan fingerprint density at radius 3 is 2.03 bits per heavy atom. The van der Waals surface area contributed by atoms with Crippen LogP contribution >= 0.6 is 0 Å². The van der Waals surface area contributed by atoms with Crippen LogP contribution in [-0.2, 0) is 4.74 Å². The highest BCUT2D eigenvalue weighted by Crippen LogP contribution is 2.31. The smallest absolute Gasteiger partial charge is 0.336 e. The van der Waals surface area contributed by atoms with Crippen molar-refractivity contribution in [2.24, 2.45) is 0 Å². The van der Waals surface area contributed by atoms with E-state index < -0.39 is 5.97 Å². The van der Waals surface area contributed by atoms with Gasteiger partial charge in [-0.2, -0.15) is 0 Å². The van der Waals surface area contributed by atoms with Gasteiger partial charge in [0.15, 0.2) is 0 Å². The van der Waals surface area contributed by atoms with Gasteiger partial charge in [0.2, 0.25) is 0 Å². The summed E-state index contributed by atoms with van der Waals surface area (Å²) >= 11 is 0. The molecule has 0 bridgehead atoms. The minimum Gasteiger partial charge on any atom is -0.494 e. The van der Waals surface area contributed by atoms with Gasteiger partial charge in [-0.15, -0.1) is 0 Å². The van der Waals surface area contributed by atoms with Crippen LogP contribution in [0.2, 0.25) is 0 Å². The number of carboxylic acid groups (broad SMARTS) is 1. The average molecular weight is 461 g/mol. The summed E-state index contributed by atoms with van der Waals surface area (Å²) in [6.45, 7) is 4.94. The minimum atomic E-state index is -0.938. The summed E-state index contributed by atoms with van der Waals surface area (Å²) in [6, 6.07) is 21.5. The Labute approximate surface area is 203 Å². The molecule has 34 heavy (non-hydrogen) atoms. The fourth-order valence-electron chi connectivity index (χ4n) is 4.03. The van der Waals surface area contributed by atoms with E-state index in [-0.39, 0.29) is 11.7 Å². The maximum Gasteiger partial charge on any atom is 0.336 e. The van der Waals surface area contributed by atoms with Crippen LogP contribution in [0.15, 0.2) is 66.7 Å². The number of ether oxygens (including phenoxy) is 2. The molecule has 0 amide bonds. The lowest BCUT2D eigenvalue weighted by Crippen LogP contribution is -2.03. The zero-order chi connectivity index (χ0) is 24.3. The number of carbonyl (C=O) groups is 1. The van der Waals surface area contributed by atoms with Gasteiger partial charge < -0.3 is 14.6 Å². The average Bonchev–Trinajstić information content (AvgIpc) is 2.87. The number of benzene rings is 3. The summed E-state index contributed by atoms with van der Waals surface area (Å²) in [6.07, 6.45) is 7.41. The molecule has 3 aromatic carbocycles. The molecule has 1 N–H and O–H groups in total. The third-order valence-electron chi connectivity index (χ3n) is 6.25. The predicted octanol–water partition coefficient (Wildman–Crippen LogP) is 8.17. The fourth-order valence-corrected chi connectivity index (χ4v) is 4.03. The predicted molar refractivity (Wildman–Crippen MR) is 139 cm³/mol. The molecule has 0 aliphatic carbocycles. The van der Waals surface area contributed by atoms with Crippen LogP contribution in [-0.4, -0.2) is 24.8 Å². The highest BCUT2D eigenvalue weighted by atomic mass is 16.5. The Balaban J connectivity index is 1.66. The Morgan fingerprint density at radius 2 is 1.41 bits per heavy atom. The van der Waals surface area contributed by atoms with Crippen molar-refractivity contribution in [1.82, 2.24) is 0 Å². The molecule has 3 aromatic rings. The number of hydrogen-bond donors (Lipinski definition) is 1. The molecule has 0 heterocycles. The molecule has 180 valence electrons. The summed E-state index contributed by atoms with van der Waals surface area (Å²) in [5.41, 5.74) is 4.96. The van der Waals surface area contributed by atoms with Crippen molar-refractivity contribution in [2.75, 3.05) is 13.7 Å². The molecule has 0 fully saturated rings. The van der Waals surface area contributed by atoms with E-state index in [1.807, 2.05) is 55.5 Å². The standard InChI is InChI=1S/C30H36O4/c1-4-5-6-7-8-9-20-34-27-17-14-24(15-18-27)23-10-12-25(13-11-23)29-21-26(22(2)33-3)16-19-28(29)30(31)32/h10-19,21-22H,4-9,20H2,1-3H3,(H,31,32). The topological polar surface area (TPSA) is 55.8 Å². The third-order valence-corrected chi connectivity index (χ3v) is 6.25. The molecule has 0 radical (unpaired) electrons. The summed E-state index contributed by atoms with van der Waals surface area (Å²) in [5, 5.41) is 9.65. The largest absolute Gasteiger partial charge is 0.494 e. The molecule has 4 heteroatoms. The van der Waals surface area contributed by atoms with E-state index in [1.165, 1.54) is 32.1 Å². The van der Waals surface area contributed by atoms with E-state index in [2.05, 4.69) is 19.1 Å². The number of methoxy groups -OCH3 is 1. The highest BCUT2D eigenvalue weighted by Gasteiger charge is 2.15. The van der Waals surface area contributed by atoms with Gasteiger partial charge in [-0.05, 0) is 65.4 Å². The Bertz CT molecular complexity index is 1040. The zero-order valence-electron chi connectivity index (χ0n) is 20.5. The Morgan fingerprint density at radius 1 is 0.824 bits per heavy atom. The van der Waals surface area contributed by atoms with E-state index in [1.54, 1.807) is 13.2 Å². The molecule has 1 unspecified atom stereocenters. The van der Waals surface area contributed by atoms with Gasteiger partial charge in [0, 0.05) is 7.11 Å². The number of aromatic carboxylic acids is 1. The molecule has 1 atom stereocenters. The monoisotopic (exact) mass is 460 g/mol. The van der Waals surface area contributed by atoms with Crippen molar-refractivity contribution >= 4 is 5.97 Å². The summed E-state index contributed by atoms with van der Waals surface area (Å²) in [4.78, 5) is 11.8. The maximum atomic E-state index is 11.8. The number of carboxylic acids is 1. The molecule has 0 aliphatic heterocycles. The van der Waals surface area contributed by atoms with Gasteiger partial charge >= 0.3 is 5.97 Å². The zero-order valence-corrected chi connectivity index (χ0v) is 20.5. The first-order chi connectivity index (χ1) is 16.5. The van der Waals surface area contributed by atoms with Crippen LogP contribution in [0, 0.1) is 0 Å². The fraction of sp³-hybridized carbons (Fsp3) is 0.367. The molecule has 0 aromatic heterocycles. The SMILES string of the molecule is CCCCCCCCOc1ccc(-c2ccc(-c3cc(C(C)OC)ccc3C(=O)O)cc2)cc1. The summed E-state index contributed by atoms with van der Waals surface area (Å²) in [7, 11) is 1.65. The third kappa shape index (κ3) is 6.94. The lowest BCUT2D eigenvalue weighted by Gasteiger charge is -2.14. The Kier molecular flexibility index (Phi) is 9.72. The quantitative estimate of drug-likeness (QED) is 0.261. The van der Waals surface area contributed by atoms with E-state index in [9.17, 15) is 9.90 Å². The van der Waals surface area contributed by atoms with E-state index in [0.717, 1.165) is 41.0 Å². The van der Waals surface area contributed by atoms with Gasteiger partial charge in [0.1, 0.15) is 5.75 Å². The molecule has 3 rings (SSSR count). The molecule has 0 spiro atoms.